The van der Waals surface area contributed by atoms with Crippen molar-refractivity contribution >= 4 is 36.2 Å². The summed E-state index contributed by atoms with van der Waals surface area (Å²) in [5, 5.41) is 6.30. The van der Waals surface area contributed by atoms with E-state index in [9.17, 15) is 0 Å². The molecule has 8 heteroatoms. The van der Waals surface area contributed by atoms with Crippen LogP contribution in [0.3, 0.4) is 0 Å². The second-order valence-corrected chi connectivity index (χ2v) is 6.69. The number of nitrogens with one attached hydrogen (secondary N) is 1. The second kappa shape index (κ2) is 10.9. The van der Waals surface area contributed by atoms with Gasteiger partial charge in [-0.2, -0.15) is 0 Å². The average molecular weight is 390 g/mol. The zero-order valence-corrected chi connectivity index (χ0v) is 16.3. The molecule has 1 aliphatic heterocycles. The number of hydrogen-bond acceptors (Lipinski definition) is 6. The zero-order chi connectivity index (χ0) is 15.2. The lowest BCUT2D eigenvalue weighted by Crippen LogP contribution is -2.34. The van der Waals surface area contributed by atoms with Crippen LogP contribution < -0.4 is 5.32 Å². The van der Waals surface area contributed by atoms with Crippen molar-refractivity contribution in [2.45, 2.75) is 25.8 Å². The Hall–Kier alpha value is -0.790. The fourth-order valence-electron chi connectivity index (χ4n) is 2.90. The summed E-state index contributed by atoms with van der Waals surface area (Å²) in [6, 6.07) is 1.83. The molecule has 0 amide bonds. The maximum Gasteiger partial charge on any atom is 0.188 e. The van der Waals surface area contributed by atoms with Crippen LogP contribution in [0.4, 0.5) is 0 Å². The number of nitrogens with zero attached hydrogens (tertiary/aromatic N) is 4. The van der Waals surface area contributed by atoms with E-state index in [1.165, 1.54) is 32.4 Å². The Kier molecular flexibility index (Phi) is 9.69. The average Bonchev–Trinajstić information content (AvgIpc) is 3.04. The Morgan fingerprint density at radius 2 is 1.92 bits per heavy atom. The molecule has 2 aromatic rings. The molecule has 0 radical (unpaired) electrons. The van der Waals surface area contributed by atoms with E-state index in [2.05, 4.69) is 30.5 Å². The molecule has 0 atom stereocenters. The van der Waals surface area contributed by atoms with Crippen molar-refractivity contribution in [1.82, 2.24) is 25.2 Å². The predicted octanol–water partition coefficient (Wildman–Crippen LogP) is 3.27. The van der Waals surface area contributed by atoms with Gasteiger partial charge in [-0.15, -0.1) is 36.2 Å². The summed E-state index contributed by atoms with van der Waals surface area (Å²) >= 11 is 1.63. The van der Waals surface area contributed by atoms with Gasteiger partial charge in [-0.3, -0.25) is 4.90 Å². The molecule has 24 heavy (non-hydrogen) atoms. The second-order valence-electron chi connectivity index (χ2n) is 5.83. The van der Waals surface area contributed by atoms with E-state index in [0.29, 0.717) is 0 Å². The maximum atomic E-state index is 4.69. The highest BCUT2D eigenvalue weighted by Gasteiger charge is 2.19. The van der Waals surface area contributed by atoms with Crippen molar-refractivity contribution in [2.75, 3.05) is 26.7 Å². The van der Waals surface area contributed by atoms with E-state index in [4.69, 9.17) is 0 Å². The fraction of sp³-hybridized carbons (Fsp3) is 0.562. The first-order valence-corrected chi connectivity index (χ1v) is 8.82. The van der Waals surface area contributed by atoms with E-state index in [-0.39, 0.29) is 24.8 Å². The molecule has 1 fully saturated rings. The van der Waals surface area contributed by atoms with Gasteiger partial charge in [0.1, 0.15) is 0 Å². The Bertz CT molecular complexity index is 573. The van der Waals surface area contributed by atoms with Crippen LogP contribution in [-0.2, 0) is 6.54 Å². The Morgan fingerprint density at radius 1 is 1.21 bits per heavy atom. The molecular weight excluding hydrogens is 365 g/mol. The molecule has 0 bridgehead atoms. The van der Waals surface area contributed by atoms with E-state index in [1.54, 1.807) is 23.7 Å². The van der Waals surface area contributed by atoms with E-state index in [0.717, 1.165) is 35.5 Å². The number of likely N-dealkylation sites (tertiary alicyclic amines) is 1. The molecule has 0 aromatic carbocycles. The van der Waals surface area contributed by atoms with Crippen molar-refractivity contribution in [3.05, 3.63) is 29.5 Å². The van der Waals surface area contributed by atoms with Gasteiger partial charge in [-0.1, -0.05) is 0 Å². The van der Waals surface area contributed by atoms with Gasteiger partial charge < -0.3 is 5.32 Å². The molecule has 134 valence electrons. The van der Waals surface area contributed by atoms with E-state index < -0.39 is 0 Å². The summed E-state index contributed by atoms with van der Waals surface area (Å²) < 4.78 is 0. The predicted molar refractivity (Wildman–Crippen MR) is 104 cm³/mol. The normalized spacial score (nSPS) is 15.5. The van der Waals surface area contributed by atoms with Crippen LogP contribution in [0.1, 0.15) is 25.0 Å². The highest BCUT2D eigenvalue weighted by Crippen LogP contribution is 2.24. The minimum absolute atomic E-state index is 0. The Labute approximate surface area is 160 Å². The topological polar surface area (TPSA) is 53.9 Å². The van der Waals surface area contributed by atoms with Gasteiger partial charge in [0.15, 0.2) is 10.8 Å². The highest BCUT2D eigenvalue weighted by atomic mass is 35.5. The third-order valence-corrected chi connectivity index (χ3v) is 5.09. The summed E-state index contributed by atoms with van der Waals surface area (Å²) in [6.45, 7) is 4.45. The van der Waals surface area contributed by atoms with Crippen LogP contribution in [0.25, 0.3) is 10.8 Å². The van der Waals surface area contributed by atoms with Crippen molar-refractivity contribution in [2.24, 2.45) is 5.92 Å². The van der Waals surface area contributed by atoms with Crippen LogP contribution in [-0.4, -0.2) is 46.5 Å². The smallest absolute Gasteiger partial charge is 0.188 e. The molecule has 3 rings (SSSR count). The molecule has 1 N–H and O–H groups in total. The Morgan fingerprint density at radius 3 is 2.58 bits per heavy atom. The number of thiazole rings is 1. The third kappa shape index (κ3) is 5.93. The van der Waals surface area contributed by atoms with E-state index >= 15 is 0 Å². The lowest BCUT2D eigenvalue weighted by Gasteiger charge is -2.31. The first-order valence-electron chi connectivity index (χ1n) is 7.94. The lowest BCUT2D eigenvalue weighted by atomic mass is 9.93. The minimum atomic E-state index is 0. The van der Waals surface area contributed by atoms with Gasteiger partial charge in [0.05, 0.1) is 5.69 Å². The van der Waals surface area contributed by atoms with Crippen molar-refractivity contribution in [1.29, 1.82) is 0 Å². The summed E-state index contributed by atoms with van der Waals surface area (Å²) in [5.41, 5.74) is 1.14. The third-order valence-electron chi connectivity index (χ3n) is 4.20. The molecule has 0 saturated carbocycles. The van der Waals surface area contributed by atoms with Crippen molar-refractivity contribution in [3.63, 3.8) is 0 Å². The molecule has 2 aromatic heterocycles. The number of piperidine rings is 1. The number of aromatic nitrogens is 3. The maximum absolute atomic E-state index is 4.69. The summed E-state index contributed by atoms with van der Waals surface area (Å²) in [6.07, 6.45) is 7.44. The lowest BCUT2D eigenvalue weighted by molar-refractivity contribution is 0.171. The minimum Gasteiger partial charge on any atom is -0.320 e. The van der Waals surface area contributed by atoms with Gasteiger partial charge in [-0.05, 0) is 57.9 Å². The summed E-state index contributed by atoms with van der Waals surface area (Å²) in [7, 11) is 2.03. The number of rotatable bonds is 6. The van der Waals surface area contributed by atoms with Crippen LogP contribution in [0.2, 0.25) is 0 Å². The van der Waals surface area contributed by atoms with Crippen LogP contribution in [0.5, 0.6) is 0 Å². The first-order chi connectivity index (χ1) is 10.8. The summed E-state index contributed by atoms with van der Waals surface area (Å²) in [5.74, 6) is 1.61. The highest BCUT2D eigenvalue weighted by molar-refractivity contribution is 7.13. The molecule has 3 heterocycles. The fourth-order valence-corrected chi connectivity index (χ4v) is 3.66. The standard InChI is InChI=1S/C16H23N5S.2ClH/c1-17-8-3-13-4-9-21(10-5-13)11-14-12-22-16(20-14)15-18-6-2-7-19-15;;/h2,6-7,12-13,17H,3-5,8-11H2,1H3;2*1H. The Balaban J connectivity index is 0.00000144. The van der Waals surface area contributed by atoms with Crippen molar-refractivity contribution < 1.29 is 0 Å². The largest absolute Gasteiger partial charge is 0.320 e. The molecule has 0 unspecified atom stereocenters. The van der Waals surface area contributed by atoms with Gasteiger partial charge in [0, 0.05) is 24.3 Å². The van der Waals surface area contributed by atoms with Gasteiger partial charge in [0.25, 0.3) is 0 Å². The summed E-state index contributed by atoms with van der Waals surface area (Å²) in [4.78, 5) is 15.7. The molecular formula is C16H25Cl2N5S. The molecule has 1 aliphatic rings. The van der Waals surface area contributed by atoms with Gasteiger partial charge in [0.2, 0.25) is 0 Å². The molecule has 0 aliphatic carbocycles. The zero-order valence-electron chi connectivity index (χ0n) is 13.9. The first kappa shape index (κ1) is 21.3. The number of halogens is 2. The van der Waals surface area contributed by atoms with Gasteiger partial charge in [-0.25, -0.2) is 15.0 Å². The van der Waals surface area contributed by atoms with Crippen molar-refractivity contribution in [3.8, 4) is 10.8 Å². The van der Waals surface area contributed by atoms with Gasteiger partial charge >= 0.3 is 0 Å². The van der Waals surface area contributed by atoms with Crippen LogP contribution >= 0.6 is 36.2 Å². The quantitative estimate of drug-likeness (QED) is 0.821. The van der Waals surface area contributed by atoms with Crippen LogP contribution in [0.15, 0.2) is 23.8 Å². The SMILES string of the molecule is CNCCC1CCN(Cc2csc(-c3ncccn3)n2)CC1.Cl.Cl. The molecule has 1 saturated heterocycles. The van der Waals surface area contributed by atoms with Crippen LogP contribution in [0, 0.1) is 5.92 Å². The molecule has 5 nitrogen and oxygen atoms in total. The number of hydrogen-bond donors (Lipinski definition) is 1. The van der Waals surface area contributed by atoms with E-state index in [1.807, 2.05) is 13.1 Å². The monoisotopic (exact) mass is 389 g/mol. The molecule has 0 spiro atoms.